The van der Waals surface area contributed by atoms with E-state index in [0.717, 1.165) is 10.5 Å². The molecule has 0 bridgehead atoms. The highest BCUT2D eigenvalue weighted by Gasteiger charge is 2.24. The normalized spacial score (nSPS) is 17.1. The Morgan fingerprint density at radius 2 is 2.43 bits per heavy atom. The number of rotatable bonds is 3. The highest BCUT2D eigenvalue weighted by atomic mass is 19.3. The number of nitrogens with zero attached hydrogens (tertiary/aromatic N) is 1. The van der Waals surface area contributed by atoms with E-state index in [9.17, 15) is 13.6 Å². The van der Waals surface area contributed by atoms with Crippen LogP contribution < -0.4 is 0 Å². The largest absolute Gasteiger partial charge is 0.380 e. The molecule has 3 nitrogen and oxygen atoms in total. The number of alkyl halides is 2. The molecule has 0 aliphatic carbocycles. The molecule has 1 amide bonds. The van der Waals surface area contributed by atoms with Crippen LogP contribution >= 0.6 is 0 Å². The Balaban J connectivity index is 2.46. The lowest BCUT2D eigenvalue weighted by Gasteiger charge is -2.25. The number of ether oxygens (including phenoxy) is 1. The summed E-state index contributed by atoms with van der Waals surface area (Å²) in [4.78, 5) is 12.0. The molecule has 1 heterocycles. The van der Waals surface area contributed by atoms with Gasteiger partial charge in [-0.2, -0.15) is 8.78 Å². The van der Waals surface area contributed by atoms with Crippen LogP contribution in [0.3, 0.4) is 0 Å². The standard InChI is InChI=1S/C9H13F2NO2/c1-14-6-7-2-4-12(5-3-7)9(13)8(10)11/h2,8H,3-6H2,1H3. The van der Waals surface area contributed by atoms with Crippen molar-refractivity contribution in [3.63, 3.8) is 0 Å². The zero-order valence-corrected chi connectivity index (χ0v) is 8.00. The van der Waals surface area contributed by atoms with Gasteiger partial charge in [0.25, 0.3) is 5.91 Å². The Labute approximate surface area is 81.3 Å². The SMILES string of the molecule is COCC1=CCN(C(=O)C(F)F)CC1. The molecule has 0 saturated heterocycles. The van der Waals surface area contributed by atoms with E-state index >= 15 is 0 Å². The summed E-state index contributed by atoms with van der Waals surface area (Å²) in [5.41, 5.74) is 1.06. The molecule has 0 unspecified atom stereocenters. The van der Waals surface area contributed by atoms with Gasteiger partial charge in [-0.05, 0) is 12.0 Å². The Bertz CT molecular complexity index is 241. The average molecular weight is 205 g/mol. The fourth-order valence-corrected chi connectivity index (χ4v) is 1.37. The van der Waals surface area contributed by atoms with Gasteiger partial charge < -0.3 is 9.64 Å². The first-order valence-electron chi connectivity index (χ1n) is 4.39. The van der Waals surface area contributed by atoms with Crippen molar-refractivity contribution in [2.45, 2.75) is 12.8 Å². The second kappa shape index (κ2) is 5.05. The number of hydrogen-bond donors (Lipinski definition) is 0. The minimum absolute atomic E-state index is 0.266. The summed E-state index contributed by atoms with van der Waals surface area (Å²) < 4.78 is 28.9. The van der Waals surface area contributed by atoms with Gasteiger partial charge in [0.15, 0.2) is 0 Å². The van der Waals surface area contributed by atoms with Crippen molar-refractivity contribution >= 4 is 5.91 Å². The number of carbonyl (C=O) groups excluding carboxylic acids is 1. The van der Waals surface area contributed by atoms with E-state index in [1.165, 1.54) is 0 Å². The molecule has 0 saturated carbocycles. The summed E-state index contributed by atoms with van der Waals surface area (Å²) in [5, 5.41) is 0. The maximum absolute atomic E-state index is 12.0. The van der Waals surface area contributed by atoms with Crippen LogP contribution in [0, 0.1) is 0 Å². The summed E-state index contributed by atoms with van der Waals surface area (Å²) in [6, 6.07) is 0. The van der Waals surface area contributed by atoms with Crippen LogP contribution in [0.1, 0.15) is 6.42 Å². The third-order valence-electron chi connectivity index (χ3n) is 2.13. The minimum atomic E-state index is -2.90. The highest BCUT2D eigenvalue weighted by Crippen LogP contribution is 2.12. The maximum atomic E-state index is 12.0. The molecule has 0 radical (unpaired) electrons. The number of methoxy groups -OCH3 is 1. The molecule has 5 heteroatoms. The molecule has 0 aromatic carbocycles. The van der Waals surface area contributed by atoms with E-state index in [-0.39, 0.29) is 6.54 Å². The average Bonchev–Trinajstić information content (AvgIpc) is 2.18. The Kier molecular flexibility index (Phi) is 4.00. The van der Waals surface area contributed by atoms with Crippen molar-refractivity contribution in [2.75, 3.05) is 26.8 Å². The quantitative estimate of drug-likeness (QED) is 0.645. The predicted octanol–water partition coefficient (Wildman–Crippen LogP) is 1.06. The third-order valence-corrected chi connectivity index (χ3v) is 2.13. The Morgan fingerprint density at radius 3 is 2.86 bits per heavy atom. The van der Waals surface area contributed by atoms with Crippen LogP contribution in [0.2, 0.25) is 0 Å². The number of hydrogen-bond acceptors (Lipinski definition) is 2. The first-order chi connectivity index (χ1) is 6.65. The molecule has 14 heavy (non-hydrogen) atoms. The molecule has 0 N–H and O–H groups in total. The van der Waals surface area contributed by atoms with Crippen molar-refractivity contribution in [3.8, 4) is 0 Å². The maximum Gasteiger partial charge on any atom is 0.315 e. The third kappa shape index (κ3) is 2.77. The van der Waals surface area contributed by atoms with Gasteiger partial charge in [-0.25, -0.2) is 0 Å². The van der Waals surface area contributed by atoms with Crippen LogP contribution in [-0.4, -0.2) is 44.0 Å². The van der Waals surface area contributed by atoms with Crippen LogP contribution in [0.25, 0.3) is 0 Å². The van der Waals surface area contributed by atoms with E-state index in [4.69, 9.17) is 4.74 Å². The monoisotopic (exact) mass is 205 g/mol. The van der Waals surface area contributed by atoms with Crippen molar-refractivity contribution < 1.29 is 18.3 Å². The zero-order valence-electron chi connectivity index (χ0n) is 8.00. The van der Waals surface area contributed by atoms with Crippen LogP contribution in [0.15, 0.2) is 11.6 Å². The molecule has 1 aliphatic rings. The summed E-state index contributed by atoms with van der Waals surface area (Å²) in [6.07, 6.45) is -0.507. The Hall–Kier alpha value is -0.970. The summed E-state index contributed by atoms with van der Waals surface area (Å²) in [7, 11) is 1.58. The number of amides is 1. The molecule has 0 fully saturated rings. The van der Waals surface area contributed by atoms with E-state index < -0.39 is 12.3 Å². The van der Waals surface area contributed by atoms with Crippen LogP contribution in [0.4, 0.5) is 8.78 Å². The molecule has 0 aromatic heterocycles. The molecule has 0 spiro atoms. The predicted molar refractivity (Wildman–Crippen MR) is 47.2 cm³/mol. The van der Waals surface area contributed by atoms with Gasteiger partial charge in [-0.15, -0.1) is 0 Å². The first kappa shape index (κ1) is 11.1. The lowest BCUT2D eigenvalue weighted by atomic mass is 10.1. The van der Waals surface area contributed by atoms with Gasteiger partial charge >= 0.3 is 6.43 Å². The van der Waals surface area contributed by atoms with Crippen molar-refractivity contribution in [1.29, 1.82) is 0 Å². The van der Waals surface area contributed by atoms with Gasteiger partial charge in [0.05, 0.1) is 6.61 Å². The second-order valence-electron chi connectivity index (χ2n) is 3.13. The first-order valence-corrected chi connectivity index (χ1v) is 4.39. The topological polar surface area (TPSA) is 29.5 Å². The van der Waals surface area contributed by atoms with Crippen molar-refractivity contribution in [1.82, 2.24) is 4.90 Å². The smallest absolute Gasteiger partial charge is 0.315 e. The fraction of sp³-hybridized carbons (Fsp3) is 0.667. The van der Waals surface area contributed by atoms with Gasteiger partial charge in [-0.3, -0.25) is 4.79 Å². The lowest BCUT2D eigenvalue weighted by Crippen LogP contribution is -2.38. The highest BCUT2D eigenvalue weighted by molar-refractivity contribution is 5.79. The van der Waals surface area contributed by atoms with Gasteiger partial charge in [0.1, 0.15) is 0 Å². The zero-order chi connectivity index (χ0) is 10.6. The van der Waals surface area contributed by atoms with Crippen molar-refractivity contribution in [2.24, 2.45) is 0 Å². The molecular weight excluding hydrogens is 192 g/mol. The molecule has 0 aromatic rings. The molecular formula is C9H13F2NO2. The van der Waals surface area contributed by atoms with E-state index in [1.807, 2.05) is 0 Å². The summed E-state index contributed by atoms with van der Waals surface area (Å²) in [6.45, 7) is 1.14. The fourth-order valence-electron chi connectivity index (χ4n) is 1.37. The van der Waals surface area contributed by atoms with Gasteiger partial charge in [0.2, 0.25) is 0 Å². The van der Waals surface area contributed by atoms with Crippen LogP contribution in [-0.2, 0) is 9.53 Å². The second-order valence-corrected chi connectivity index (χ2v) is 3.13. The summed E-state index contributed by atoms with van der Waals surface area (Å²) in [5.74, 6) is -1.09. The van der Waals surface area contributed by atoms with Gasteiger partial charge in [0, 0.05) is 20.2 Å². The summed E-state index contributed by atoms with van der Waals surface area (Å²) >= 11 is 0. The van der Waals surface area contributed by atoms with Crippen LogP contribution in [0.5, 0.6) is 0 Å². The number of halogens is 2. The van der Waals surface area contributed by atoms with E-state index in [1.54, 1.807) is 13.2 Å². The number of carbonyl (C=O) groups is 1. The molecule has 1 rings (SSSR count). The van der Waals surface area contributed by atoms with E-state index in [2.05, 4.69) is 0 Å². The van der Waals surface area contributed by atoms with Gasteiger partial charge in [-0.1, -0.05) is 6.08 Å². The Morgan fingerprint density at radius 1 is 1.71 bits per heavy atom. The molecule has 0 atom stereocenters. The van der Waals surface area contributed by atoms with Crippen molar-refractivity contribution in [3.05, 3.63) is 11.6 Å². The molecule has 80 valence electrons. The minimum Gasteiger partial charge on any atom is -0.380 e. The molecule has 1 aliphatic heterocycles. The lowest BCUT2D eigenvalue weighted by molar-refractivity contribution is -0.142. The van der Waals surface area contributed by atoms with E-state index in [0.29, 0.717) is 19.6 Å².